The molecular formula is C18H20ClN. The number of halogens is 1. The van der Waals surface area contributed by atoms with Gasteiger partial charge in [0, 0.05) is 5.02 Å². The Labute approximate surface area is 125 Å². The zero-order valence-electron chi connectivity index (χ0n) is 11.8. The third kappa shape index (κ3) is 2.61. The number of hydrogen-bond donors (Lipinski definition) is 1. The Morgan fingerprint density at radius 3 is 2.65 bits per heavy atom. The van der Waals surface area contributed by atoms with Crippen LogP contribution in [0.15, 0.2) is 42.5 Å². The molecule has 0 amide bonds. The van der Waals surface area contributed by atoms with Crippen molar-refractivity contribution in [3.8, 4) is 0 Å². The Balaban J connectivity index is 1.93. The van der Waals surface area contributed by atoms with E-state index in [0.29, 0.717) is 0 Å². The molecule has 20 heavy (non-hydrogen) atoms. The van der Waals surface area contributed by atoms with Gasteiger partial charge >= 0.3 is 0 Å². The van der Waals surface area contributed by atoms with Crippen LogP contribution in [-0.2, 0) is 0 Å². The minimum absolute atomic E-state index is 0.103. The molecule has 1 aliphatic rings. The average molecular weight is 286 g/mol. The molecule has 0 bridgehead atoms. The lowest BCUT2D eigenvalue weighted by molar-refractivity contribution is 0.419. The summed E-state index contributed by atoms with van der Waals surface area (Å²) in [6, 6.07) is 14.6. The fraction of sp³-hybridized carbons (Fsp3) is 0.333. The van der Waals surface area contributed by atoms with Crippen LogP contribution in [-0.4, -0.2) is 0 Å². The maximum absolute atomic E-state index is 6.46. The first-order valence-corrected chi connectivity index (χ1v) is 7.64. The molecule has 0 aromatic heterocycles. The summed E-state index contributed by atoms with van der Waals surface area (Å²) in [7, 11) is 0. The van der Waals surface area contributed by atoms with Gasteiger partial charge in [0.25, 0.3) is 0 Å². The Bertz CT molecular complexity index is 617. The van der Waals surface area contributed by atoms with Crippen LogP contribution in [0.1, 0.15) is 53.5 Å². The van der Waals surface area contributed by atoms with E-state index < -0.39 is 0 Å². The van der Waals surface area contributed by atoms with Crippen molar-refractivity contribution in [1.82, 2.24) is 0 Å². The highest BCUT2D eigenvalue weighted by molar-refractivity contribution is 6.30. The maximum atomic E-state index is 6.46. The van der Waals surface area contributed by atoms with Crippen LogP contribution < -0.4 is 5.73 Å². The van der Waals surface area contributed by atoms with Gasteiger partial charge < -0.3 is 5.73 Å². The van der Waals surface area contributed by atoms with Gasteiger partial charge in [-0.1, -0.05) is 48.4 Å². The molecule has 1 unspecified atom stereocenters. The molecule has 0 aliphatic heterocycles. The minimum Gasteiger partial charge on any atom is -0.320 e. The number of hydrogen-bond acceptors (Lipinski definition) is 1. The maximum Gasteiger partial charge on any atom is 0.0554 e. The molecule has 0 saturated heterocycles. The molecule has 104 valence electrons. The second kappa shape index (κ2) is 5.59. The summed E-state index contributed by atoms with van der Waals surface area (Å²) in [5.74, 6) is 0.739. The van der Waals surface area contributed by atoms with Crippen LogP contribution in [0.2, 0.25) is 5.02 Å². The van der Waals surface area contributed by atoms with Gasteiger partial charge in [-0.25, -0.2) is 0 Å². The van der Waals surface area contributed by atoms with Gasteiger partial charge in [-0.15, -0.1) is 0 Å². The second-order valence-electron chi connectivity index (χ2n) is 5.78. The zero-order valence-corrected chi connectivity index (χ0v) is 12.5. The van der Waals surface area contributed by atoms with Crippen molar-refractivity contribution in [2.75, 3.05) is 0 Å². The SMILES string of the molecule is Cc1ccc(Cl)cc1C(N)c1cccc(C2CCC2)c1. The molecule has 1 nitrogen and oxygen atoms in total. The second-order valence-corrected chi connectivity index (χ2v) is 6.21. The molecule has 0 heterocycles. The smallest absolute Gasteiger partial charge is 0.0554 e. The highest BCUT2D eigenvalue weighted by Gasteiger charge is 2.20. The number of nitrogens with two attached hydrogens (primary N) is 1. The van der Waals surface area contributed by atoms with Gasteiger partial charge in [-0.05, 0) is 60.1 Å². The topological polar surface area (TPSA) is 26.0 Å². The van der Waals surface area contributed by atoms with E-state index in [-0.39, 0.29) is 6.04 Å². The van der Waals surface area contributed by atoms with Crippen molar-refractivity contribution in [2.24, 2.45) is 5.73 Å². The fourth-order valence-corrected chi connectivity index (χ4v) is 3.05. The molecule has 2 aromatic carbocycles. The first-order valence-electron chi connectivity index (χ1n) is 7.26. The van der Waals surface area contributed by atoms with Gasteiger partial charge in [0.2, 0.25) is 0 Å². The Hall–Kier alpha value is -1.31. The standard InChI is InChI=1S/C18H20ClN/c1-12-8-9-16(19)11-17(12)18(20)15-7-3-6-14(10-15)13-4-2-5-13/h3,6-11,13,18H,2,4-5,20H2,1H3. The molecule has 2 heteroatoms. The first kappa shape index (κ1) is 13.7. The van der Waals surface area contributed by atoms with Gasteiger partial charge in [-0.2, -0.15) is 0 Å². The predicted molar refractivity (Wildman–Crippen MR) is 85.3 cm³/mol. The third-order valence-corrected chi connectivity index (χ3v) is 4.66. The minimum atomic E-state index is -0.103. The predicted octanol–water partition coefficient (Wildman–Crippen LogP) is 4.96. The Morgan fingerprint density at radius 1 is 1.15 bits per heavy atom. The number of aryl methyl sites for hydroxylation is 1. The summed E-state index contributed by atoms with van der Waals surface area (Å²) >= 11 is 6.11. The van der Waals surface area contributed by atoms with Crippen molar-refractivity contribution < 1.29 is 0 Å². The first-order chi connectivity index (χ1) is 9.65. The molecule has 1 saturated carbocycles. The largest absolute Gasteiger partial charge is 0.320 e. The monoisotopic (exact) mass is 285 g/mol. The van der Waals surface area contributed by atoms with Crippen LogP contribution >= 0.6 is 11.6 Å². The molecule has 2 N–H and O–H groups in total. The van der Waals surface area contributed by atoms with Crippen molar-refractivity contribution in [3.63, 3.8) is 0 Å². The van der Waals surface area contributed by atoms with Crippen molar-refractivity contribution >= 4 is 11.6 Å². The highest BCUT2D eigenvalue weighted by Crippen LogP contribution is 2.37. The Kier molecular flexibility index (Phi) is 3.82. The van der Waals surface area contributed by atoms with Crippen LogP contribution in [0.5, 0.6) is 0 Å². The normalized spacial score (nSPS) is 16.8. The van der Waals surface area contributed by atoms with Crippen LogP contribution in [0.4, 0.5) is 0 Å². The number of rotatable bonds is 3. The molecule has 1 fully saturated rings. The molecule has 0 radical (unpaired) electrons. The van der Waals surface area contributed by atoms with Crippen LogP contribution in [0.3, 0.4) is 0 Å². The summed E-state index contributed by atoms with van der Waals surface area (Å²) in [6.07, 6.45) is 3.98. The third-order valence-electron chi connectivity index (χ3n) is 4.42. The summed E-state index contributed by atoms with van der Waals surface area (Å²) in [6.45, 7) is 2.08. The highest BCUT2D eigenvalue weighted by atomic mass is 35.5. The summed E-state index contributed by atoms with van der Waals surface area (Å²) in [5, 5.41) is 0.746. The van der Waals surface area contributed by atoms with E-state index in [9.17, 15) is 0 Å². The van der Waals surface area contributed by atoms with Crippen molar-refractivity contribution in [2.45, 2.75) is 38.1 Å². The van der Waals surface area contributed by atoms with Gasteiger partial charge in [0.05, 0.1) is 6.04 Å². The van der Waals surface area contributed by atoms with Crippen LogP contribution in [0.25, 0.3) is 0 Å². The van der Waals surface area contributed by atoms with E-state index in [1.165, 1.54) is 36.0 Å². The van der Waals surface area contributed by atoms with E-state index in [0.717, 1.165) is 16.5 Å². The zero-order chi connectivity index (χ0) is 14.1. The summed E-state index contributed by atoms with van der Waals surface area (Å²) in [5.41, 5.74) is 11.4. The molecule has 1 atom stereocenters. The molecule has 2 aromatic rings. The molecule has 3 rings (SSSR count). The van der Waals surface area contributed by atoms with E-state index in [2.05, 4.69) is 31.2 Å². The van der Waals surface area contributed by atoms with E-state index in [1.54, 1.807) is 0 Å². The molecule has 0 spiro atoms. The summed E-state index contributed by atoms with van der Waals surface area (Å²) < 4.78 is 0. The van der Waals surface area contributed by atoms with E-state index in [4.69, 9.17) is 17.3 Å². The summed E-state index contributed by atoms with van der Waals surface area (Å²) in [4.78, 5) is 0. The van der Waals surface area contributed by atoms with Gasteiger partial charge in [-0.3, -0.25) is 0 Å². The van der Waals surface area contributed by atoms with Crippen LogP contribution in [0, 0.1) is 6.92 Å². The van der Waals surface area contributed by atoms with Crippen molar-refractivity contribution in [3.05, 3.63) is 69.7 Å². The lowest BCUT2D eigenvalue weighted by Gasteiger charge is -2.27. The fourth-order valence-electron chi connectivity index (χ4n) is 2.87. The molecule has 1 aliphatic carbocycles. The lowest BCUT2D eigenvalue weighted by Crippen LogP contribution is -2.15. The quantitative estimate of drug-likeness (QED) is 0.847. The van der Waals surface area contributed by atoms with Gasteiger partial charge in [0.15, 0.2) is 0 Å². The van der Waals surface area contributed by atoms with Crippen molar-refractivity contribution in [1.29, 1.82) is 0 Å². The Morgan fingerprint density at radius 2 is 1.95 bits per heavy atom. The number of benzene rings is 2. The molecular weight excluding hydrogens is 266 g/mol. The lowest BCUT2D eigenvalue weighted by atomic mass is 9.79. The van der Waals surface area contributed by atoms with E-state index >= 15 is 0 Å². The van der Waals surface area contributed by atoms with E-state index in [1.807, 2.05) is 18.2 Å². The van der Waals surface area contributed by atoms with Gasteiger partial charge in [0.1, 0.15) is 0 Å². The average Bonchev–Trinajstić information content (AvgIpc) is 2.39.